The normalized spacial score (nSPS) is 11.5. The molecule has 2 aromatic heterocycles. The zero-order chi connectivity index (χ0) is 37.7. The number of fused-ring (bicyclic) bond motifs is 6. The van der Waals surface area contributed by atoms with Gasteiger partial charge in [0, 0.05) is 44.3 Å². The van der Waals surface area contributed by atoms with Crippen molar-refractivity contribution >= 4 is 60.8 Å². The third-order valence-corrected chi connectivity index (χ3v) is 11.2. The minimum Gasteiger partial charge on any atom is -0.456 e. The largest absolute Gasteiger partial charge is 0.456 e. The van der Waals surface area contributed by atoms with Gasteiger partial charge in [0.25, 0.3) is 0 Å². The van der Waals surface area contributed by atoms with Crippen LogP contribution in [-0.2, 0) is 0 Å². The van der Waals surface area contributed by atoms with E-state index in [-0.39, 0.29) is 0 Å². The lowest BCUT2D eigenvalue weighted by Gasteiger charge is -2.26. The highest BCUT2D eigenvalue weighted by molar-refractivity contribution is 6.09. The summed E-state index contributed by atoms with van der Waals surface area (Å²) in [5.41, 5.74) is 15.7. The number of benzene rings is 9. The maximum absolute atomic E-state index is 6.21. The molecule has 9 aromatic carbocycles. The maximum atomic E-state index is 6.21. The van der Waals surface area contributed by atoms with E-state index in [1.54, 1.807) is 0 Å². The first kappa shape index (κ1) is 32.8. The molecule has 57 heavy (non-hydrogen) atoms. The molecule has 0 aliphatic heterocycles. The van der Waals surface area contributed by atoms with Crippen LogP contribution in [0.4, 0.5) is 17.1 Å². The summed E-state index contributed by atoms with van der Waals surface area (Å²) in [6, 6.07) is 78.1. The van der Waals surface area contributed by atoms with Crippen molar-refractivity contribution in [2.45, 2.75) is 0 Å². The third-order valence-electron chi connectivity index (χ3n) is 11.2. The predicted octanol–water partition coefficient (Wildman–Crippen LogP) is 15.2. The second-order valence-electron chi connectivity index (χ2n) is 14.6. The topological polar surface area (TPSA) is 21.3 Å². The summed E-state index contributed by atoms with van der Waals surface area (Å²) in [5, 5.41) is 4.82. The van der Waals surface area contributed by atoms with Gasteiger partial charge in [-0.1, -0.05) is 133 Å². The number of anilines is 3. The molecule has 0 bridgehead atoms. The molecule has 0 spiro atoms. The zero-order valence-electron chi connectivity index (χ0n) is 31.1. The van der Waals surface area contributed by atoms with Crippen molar-refractivity contribution in [1.29, 1.82) is 0 Å². The van der Waals surface area contributed by atoms with Crippen molar-refractivity contribution < 1.29 is 4.42 Å². The van der Waals surface area contributed by atoms with Gasteiger partial charge in [0.05, 0.1) is 11.0 Å². The van der Waals surface area contributed by atoms with Gasteiger partial charge in [0.1, 0.15) is 11.2 Å². The fourth-order valence-corrected chi connectivity index (χ4v) is 8.44. The molecule has 0 saturated heterocycles. The van der Waals surface area contributed by atoms with E-state index in [1.807, 2.05) is 12.1 Å². The van der Waals surface area contributed by atoms with Crippen LogP contribution >= 0.6 is 0 Å². The van der Waals surface area contributed by atoms with E-state index in [1.165, 1.54) is 38.5 Å². The average Bonchev–Trinajstić information content (AvgIpc) is 3.83. The van der Waals surface area contributed by atoms with Crippen molar-refractivity contribution in [1.82, 2.24) is 4.57 Å². The Hall–Kier alpha value is -7.62. The second-order valence-corrected chi connectivity index (χ2v) is 14.6. The summed E-state index contributed by atoms with van der Waals surface area (Å²) < 4.78 is 8.58. The number of rotatable bonds is 7. The summed E-state index contributed by atoms with van der Waals surface area (Å²) >= 11 is 0. The molecule has 3 nitrogen and oxygen atoms in total. The van der Waals surface area contributed by atoms with E-state index in [0.717, 1.165) is 61.4 Å². The molecule has 0 saturated carbocycles. The lowest BCUT2D eigenvalue weighted by Crippen LogP contribution is -2.09. The Labute approximate surface area is 330 Å². The average molecular weight is 729 g/mol. The Morgan fingerprint density at radius 1 is 0.298 bits per heavy atom. The predicted molar refractivity (Wildman–Crippen MR) is 239 cm³/mol. The second kappa shape index (κ2) is 13.6. The number of furan rings is 1. The van der Waals surface area contributed by atoms with Gasteiger partial charge in [0.15, 0.2) is 0 Å². The molecule has 0 N–H and O–H groups in total. The van der Waals surface area contributed by atoms with E-state index >= 15 is 0 Å². The SMILES string of the molecule is c1ccc(N(c2ccc(-c3cccc(-c4ccc5c(c4)oc4ccccc45)c3)cc2)c2ccc(-c3cccc(-n4c5ccccc5c5ccccc54)c3)cc2)cc1. The van der Waals surface area contributed by atoms with E-state index in [4.69, 9.17) is 4.42 Å². The molecule has 0 fully saturated rings. The molecule has 2 heterocycles. The Bertz CT molecular complexity index is 3170. The van der Waals surface area contributed by atoms with Gasteiger partial charge in [-0.15, -0.1) is 0 Å². The fraction of sp³-hybridized carbons (Fsp3) is 0. The highest BCUT2D eigenvalue weighted by Crippen LogP contribution is 2.39. The van der Waals surface area contributed by atoms with Crippen LogP contribution in [0, 0.1) is 0 Å². The smallest absolute Gasteiger partial charge is 0.136 e. The van der Waals surface area contributed by atoms with Crippen molar-refractivity contribution in [3.8, 4) is 39.1 Å². The van der Waals surface area contributed by atoms with Gasteiger partial charge in [-0.2, -0.15) is 0 Å². The van der Waals surface area contributed by atoms with Crippen LogP contribution in [0.25, 0.3) is 82.8 Å². The summed E-state index contributed by atoms with van der Waals surface area (Å²) in [4.78, 5) is 2.32. The van der Waals surface area contributed by atoms with Gasteiger partial charge in [-0.3, -0.25) is 0 Å². The summed E-state index contributed by atoms with van der Waals surface area (Å²) in [6.07, 6.45) is 0. The quantitative estimate of drug-likeness (QED) is 0.163. The maximum Gasteiger partial charge on any atom is 0.136 e. The Kier molecular flexibility index (Phi) is 7.82. The van der Waals surface area contributed by atoms with E-state index in [2.05, 4.69) is 216 Å². The van der Waals surface area contributed by atoms with Crippen molar-refractivity contribution in [3.05, 3.63) is 218 Å². The molecule has 268 valence electrons. The highest BCUT2D eigenvalue weighted by Gasteiger charge is 2.15. The molecule has 0 atom stereocenters. The van der Waals surface area contributed by atoms with E-state index in [0.29, 0.717) is 0 Å². The summed E-state index contributed by atoms with van der Waals surface area (Å²) in [5.74, 6) is 0. The van der Waals surface area contributed by atoms with Crippen LogP contribution in [0.1, 0.15) is 0 Å². The Morgan fingerprint density at radius 3 is 1.44 bits per heavy atom. The van der Waals surface area contributed by atoms with Crippen LogP contribution in [0.5, 0.6) is 0 Å². The lowest BCUT2D eigenvalue weighted by molar-refractivity contribution is 0.669. The molecule has 11 rings (SSSR count). The molecule has 0 radical (unpaired) electrons. The van der Waals surface area contributed by atoms with Gasteiger partial charge in [-0.25, -0.2) is 0 Å². The first-order chi connectivity index (χ1) is 28.2. The summed E-state index contributed by atoms with van der Waals surface area (Å²) in [6.45, 7) is 0. The van der Waals surface area contributed by atoms with E-state index < -0.39 is 0 Å². The fourth-order valence-electron chi connectivity index (χ4n) is 8.44. The van der Waals surface area contributed by atoms with E-state index in [9.17, 15) is 0 Å². The Balaban J connectivity index is 0.905. The minimum atomic E-state index is 0.908. The highest BCUT2D eigenvalue weighted by atomic mass is 16.3. The monoisotopic (exact) mass is 728 g/mol. The van der Waals surface area contributed by atoms with Crippen LogP contribution in [-0.4, -0.2) is 4.57 Å². The first-order valence-electron chi connectivity index (χ1n) is 19.4. The molecular formula is C54H36N2O. The van der Waals surface area contributed by atoms with Gasteiger partial charge >= 0.3 is 0 Å². The van der Waals surface area contributed by atoms with Crippen LogP contribution in [0.15, 0.2) is 223 Å². The number of nitrogens with zero attached hydrogens (tertiary/aromatic N) is 2. The number of aromatic nitrogens is 1. The number of hydrogen-bond acceptors (Lipinski definition) is 2. The van der Waals surface area contributed by atoms with Crippen molar-refractivity contribution in [2.24, 2.45) is 0 Å². The summed E-state index contributed by atoms with van der Waals surface area (Å²) in [7, 11) is 0. The zero-order valence-corrected chi connectivity index (χ0v) is 31.1. The van der Waals surface area contributed by atoms with Crippen LogP contribution < -0.4 is 4.90 Å². The van der Waals surface area contributed by atoms with Gasteiger partial charge in [0.2, 0.25) is 0 Å². The molecule has 11 aromatic rings. The number of hydrogen-bond donors (Lipinski definition) is 0. The standard InChI is InChI=1S/C54H36N2O/c1-2-15-43(16-3-1)55(44-29-24-37(25-30-44)39-12-10-13-40(34-39)42-28-33-50-49-20-6-9-23-53(49)57-54(50)36-42)45-31-26-38(27-32-45)41-14-11-17-46(35-41)56-51-21-7-4-18-47(51)48-19-5-8-22-52(48)56/h1-36H. The molecule has 0 aliphatic rings. The molecule has 0 unspecified atom stereocenters. The molecule has 0 amide bonds. The van der Waals surface area contributed by atoms with Gasteiger partial charge in [-0.05, 0) is 118 Å². The first-order valence-corrected chi connectivity index (χ1v) is 19.4. The van der Waals surface area contributed by atoms with Crippen LogP contribution in [0.2, 0.25) is 0 Å². The van der Waals surface area contributed by atoms with Crippen molar-refractivity contribution in [2.75, 3.05) is 4.90 Å². The number of para-hydroxylation sites is 4. The van der Waals surface area contributed by atoms with Gasteiger partial charge < -0.3 is 13.9 Å². The molecule has 0 aliphatic carbocycles. The Morgan fingerprint density at radius 2 is 0.772 bits per heavy atom. The minimum absolute atomic E-state index is 0.908. The molecule has 3 heteroatoms. The molecular weight excluding hydrogens is 693 g/mol. The van der Waals surface area contributed by atoms with Crippen LogP contribution in [0.3, 0.4) is 0 Å². The lowest BCUT2D eigenvalue weighted by atomic mass is 9.98. The van der Waals surface area contributed by atoms with Crippen molar-refractivity contribution in [3.63, 3.8) is 0 Å². The third kappa shape index (κ3) is 5.76.